The molecule has 0 aliphatic rings. The highest BCUT2D eigenvalue weighted by molar-refractivity contribution is 5.40. The number of para-hydroxylation sites is 1. The molecule has 0 aliphatic carbocycles. The summed E-state index contributed by atoms with van der Waals surface area (Å²) in [7, 11) is 0. The molecule has 1 N–H and O–H groups in total. The van der Waals surface area contributed by atoms with Gasteiger partial charge < -0.3 is 5.32 Å². The van der Waals surface area contributed by atoms with Gasteiger partial charge in [-0.1, -0.05) is 32.0 Å². The summed E-state index contributed by atoms with van der Waals surface area (Å²) in [6, 6.07) is 10.5. The van der Waals surface area contributed by atoms with Crippen molar-refractivity contribution in [2.75, 3.05) is 0 Å². The van der Waals surface area contributed by atoms with Crippen LogP contribution < -0.4 is 5.32 Å². The van der Waals surface area contributed by atoms with Crippen molar-refractivity contribution in [3.63, 3.8) is 0 Å². The standard InChI is InChI=1S/C17H25N3/c1-13(2)15-10-11-20(19-15)16-9-7-6-8-14(16)12-18-17(3,4)5/h6-11,13,18H,12H2,1-5H3. The van der Waals surface area contributed by atoms with E-state index in [1.54, 1.807) is 0 Å². The summed E-state index contributed by atoms with van der Waals surface area (Å²) in [5.41, 5.74) is 3.65. The predicted octanol–water partition coefficient (Wildman–Crippen LogP) is 3.88. The van der Waals surface area contributed by atoms with Crippen LogP contribution in [0.1, 0.15) is 51.8 Å². The quantitative estimate of drug-likeness (QED) is 0.914. The van der Waals surface area contributed by atoms with Gasteiger partial charge >= 0.3 is 0 Å². The molecular formula is C17H25N3. The van der Waals surface area contributed by atoms with Crippen LogP contribution in [0.25, 0.3) is 5.69 Å². The maximum absolute atomic E-state index is 4.67. The summed E-state index contributed by atoms with van der Waals surface area (Å²) in [4.78, 5) is 0. The van der Waals surface area contributed by atoms with Crippen LogP contribution in [0.3, 0.4) is 0 Å². The first-order chi connectivity index (χ1) is 9.37. The molecule has 3 nitrogen and oxygen atoms in total. The number of nitrogens with zero attached hydrogens (tertiary/aromatic N) is 2. The highest BCUT2D eigenvalue weighted by Crippen LogP contribution is 2.18. The Bertz CT molecular complexity index is 562. The molecule has 0 saturated carbocycles. The molecule has 0 atom stereocenters. The van der Waals surface area contributed by atoms with Crippen molar-refractivity contribution < 1.29 is 0 Å². The molecule has 0 saturated heterocycles. The number of aromatic nitrogens is 2. The van der Waals surface area contributed by atoms with Crippen molar-refractivity contribution >= 4 is 0 Å². The monoisotopic (exact) mass is 271 g/mol. The molecule has 0 unspecified atom stereocenters. The first-order valence-corrected chi connectivity index (χ1v) is 7.26. The maximum atomic E-state index is 4.67. The summed E-state index contributed by atoms with van der Waals surface area (Å²) in [5.74, 6) is 0.455. The van der Waals surface area contributed by atoms with E-state index in [-0.39, 0.29) is 5.54 Å². The van der Waals surface area contributed by atoms with Gasteiger partial charge in [0.2, 0.25) is 0 Å². The Hall–Kier alpha value is -1.61. The Morgan fingerprint density at radius 1 is 1.15 bits per heavy atom. The van der Waals surface area contributed by atoms with Crippen LogP contribution in [0.4, 0.5) is 0 Å². The molecule has 0 bridgehead atoms. The lowest BCUT2D eigenvalue weighted by atomic mass is 10.1. The molecule has 3 heteroatoms. The van der Waals surface area contributed by atoms with E-state index >= 15 is 0 Å². The van der Waals surface area contributed by atoms with Gasteiger partial charge in [-0.3, -0.25) is 0 Å². The van der Waals surface area contributed by atoms with Gasteiger partial charge in [0.25, 0.3) is 0 Å². The summed E-state index contributed by atoms with van der Waals surface area (Å²) >= 11 is 0. The fourth-order valence-corrected chi connectivity index (χ4v) is 2.02. The van der Waals surface area contributed by atoms with Crippen LogP contribution in [0.5, 0.6) is 0 Å². The van der Waals surface area contributed by atoms with E-state index in [1.807, 2.05) is 10.9 Å². The molecule has 0 spiro atoms. The summed E-state index contributed by atoms with van der Waals surface area (Å²) in [5, 5.41) is 8.21. The van der Waals surface area contributed by atoms with E-state index in [4.69, 9.17) is 0 Å². The van der Waals surface area contributed by atoms with E-state index < -0.39 is 0 Å². The molecule has 108 valence electrons. The van der Waals surface area contributed by atoms with Gasteiger partial charge in [-0.25, -0.2) is 4.68 Å². The number of benzene rings is 1. The van der Waals surface area contributed by atoms with Crippen molar-refractivity contribution in [2.24, 2.45) is 0 Å². The average Bonchev–Trinajstić information content (AvgIpc) is 2.85. The highest BCUT2D eigenvalue weighted by Gasteiger charge is 2.12. The zero-order valence-corrected chi connectivity index (χ0v) is 13.1. The molecule has 0 amide bonds. The molecule has 2 rings (SSSR count). The third-order valence-electron chi connectivity index (χ3n) is 3.25. The van der Waals surface area contributed by atoms with Crippen LogP contribution >= 0.6 is 0 Å². The first kappa shape index (κ1) is 14.8. The zero-order chi connectivity index (χ0) is 14.8. The largest absolute Gasteiger partial charge is 0.308 e. The van der Waals surface area contributed by atoms with Crippen LogP contribution in [-0.4, -0.2) is 15.3 Å². The van der Waals surface area contributed by atoms with E-state index in [0.29, 0.717) is 5.92 Å². The van der Waals surface area contributed by atoms with Gasteiger partial charge in [-0.05, 0) is 44.4 Å². The summed E-state index contributed by atoms with van der Waals surface area (Å²) < 4.78 is 1.98. The zero-order valence-electron chi connectivity index (χ0n) is 13.1. The second-order valence-electron chi connectivity index (χ2n) is 6.57. The molecule has 1 aromatic heterocycles. The average molecular weight is 271 g/mol. The first-order valence-electron chi connectivity index (χ1n) is 7.26. The van der Waals surface area contributed by atoms with Crippen molar-refractivity contribution in [1.82, 2.24) is 15.1 Å². The minimum absolute atomic E-state index is 0.111. The van der Waals surface area contributed by atoms with Crippen LogP contribution in [0, 0.1) is 0 Å². The summed E-state index contributed by atoms with van der Waals surface area (Å²) in [6.45, 7) is 11.7. The predicted molar refractivity (Wildman–Crippen MR) is 84.2 cm³/mol. The fraction of sp³-hybridized carbons (Fsp3) is 0.471. The van der Waals surface area contributed by atoms with Crippen molar-refractivity contribution in [3.05, 3.63) is 47.8 Å². The molecule has 1 aromatic carbocycles. The van der Waals surface area contributed by atoms with Gasteiger partial charge in [-0.2, -0.15) is 5.10 Å². The van der Waals surface area contributed by atoms with E-state index in [1.165, 1.54) is 5.56 Å². The highest BCUT2D eigenvalue weighted by atomic mass is 15.3. The molecule has 20 heavy (non-hydrogen) atoms. The van der Waals surface area contributed by atoms with Gasteiger partial charge in [0, 0.05) is 18.3 Å². The number of rotatable bonds is 4. The second kappa shape index (κ2) is 5.80. The van der Waals surface area contributed by atoms with Gasteiger partial charge in [-0.15, -0.1) is 0 Å². The van der Waals surface area contributed by atoms with Gasteiger partial charge in [0.15, 0.2) is 0 Å². The number of hydrogen-bond donors (Lipinski definition) is 1. The Balaban J connectivity index is 2.27. The van der Waals surface area contributed by atoms with E-state index in [9.17, 15) is 0 Å². The van der Waals surface area contributed by atoms with Gasteiger partial charge in [0.05, 0.1) is 11.4 Å². The van der Waals surface area contributed by atoms with Crippen LogP contribution in [0.15, 0.2) is 36.5 Å². The smallest absolute Gasteiger partial charge is 0.0690 e. The number of nitrogens with one attached hydrogen (secondary N) is 1. The fourth-order valence-electron chi connectivity index (χ4n) is 2.02. The topological polar surface area (TPSA) is 29.9 Å². The molecular weight excluding hydrogens is 246 g/mol. The lowest BCUT2D eigenvalue weighted by Gasteiger charge is -2.21. The normalized spacial score (nSPS) is 12.1. The maximum Gasteiger partial charge on any atom is 0.0690 e. The minimum Gasteiger partial charge on any atom is -0.308 e. The van der Waals surface area contributed by atoms with Crippen molar-refractivity contribution in [2.45, 2.75) is 52.6 Å². The van der Waals surface area contributed by atoms with Crippen molar-refractivity contribution in [3.8, 4) is 5.69 Å². The van der Waals surface area contributed by atoms with E-state index in [2.05, 4.69) is 75.4 Å². The third-order valence-corrected chi connectivity index (χ3v) is 3.25. The Kier molecular flexibility index (Phi) is 4.29. The van der Waals surface area contributed by atoms with Crippen LogP contribution in [-0.2, 0) is 6.54 Å². The number of hydrogen-bond acceptors (Lipinski definition) is 2. The molecule has 0 aliphatic heterocycles. The Morgan fingerprint density at radius 2 is 1.85 bits per heavy atom. The van der Waals surface area contributed by atoms with Crippen molar-refractivity contribution in [1.29, 1.82) is 0 Å². The summed E-state index contributed by atoms with van der Waals surface area (Å²) in [6.07, 6.45) is 2.05. The second-order valence-corrected chi connectivity index (χ2v) is 6.57. The van der Waals surface area contributed by atoms with E-state index in [0.717, 1.165) is 17.9 Å². The third kappa shape index (κ3) is 3.70. The minimum atomic E-state index is 0.111. The lowest BCUT2D eigenvalue weighted by Crippen LogP contribution is -2.35. The SMILES string of the molecule is CC(C)c1ccn(-c2ccccc2CNC(C)(C)C)n1. The Labute approximate surface area is 122 Å². The lowest BCUT2D eigenvalue weighted by molar-refractivity contribution is 0.424. The van der Waals surface area contributed by atoms with Gasteiger partial charge in [0.1, 0.15) is 0 Å². The molecule has 1 heterocycles. The molecule has 0 fully saturated rings. The Morgan fingerprint density at radius 3 is 2.45 bits per heavy atom. The molecule has 2 aromatic rings. The molecule has 0 radical (unpaired) electrons. The van der Waals surface area contributed by atoms with Crippen LogP contribution in [0.2, 0.25) is 0 Å².